The van der Waals surface area contributed by atoms with Crippen molar-refractivity contribution in [2.45, 2.75) is 12.1 Å². The fourth-order valence-electron chi connectivity index (χ4n) is 0.676. The van der Waals surface area contributed by atoms with Crippen molar-refractivity contribution >= 4 is 0 Å². The molecule has 0 bridgehead atoms. The van der Waals surface area contributed by atoms with Crippen molar-refractivity contribution in [2.24, 2.45) is 0 Å². The molecular weight excluding hydrogens is 239 g/mol. The second-order valence-corrected chi connectivity index (χ2v) is 2.74. The van der Waals surface area contributed by atoms with Crippen molar-refractivity contribution in [3.63, 3.8) is 0 Å². The van der Waals surface area contributed by atoms with Gasteiger partial charge in [0.25, 0.3) is 5.56 Å². The zero-order chi connectivity index (χ0) is 12.4. The molecule has 0 aromatic carbocycles. The number of halogens is 5. The average molecular weight is 244 g/mol. The van der Waals surface area contributed by atoms with Gasteiger partial charge in [-0.3, -0.25) is 4.79 Å². The van der Waals surface area contributed by atoms with Crippen LogP contribution in [0.2, 0.25) is 0 Å². The molecule has 90 valence electrons. The van der Waals surface area contributed by atoms with Gasteiger partial charge in [0.15, 0.2) is 6.61 Å². The number of ether oxygens (including phenoxy) is 1. The van der Waals surface area contributed by atoms with Crippen molar-refractivity contribution in [3.8, 4) is 5.88 Å². The summed E-state index contributed by atoms with van der Waals surface area (Å²) in [6, 6.07) is 0.659. The molecule has 0 aliphatic heterocycles. The molecule has 0 spiro atoms. The van der Waals surface area contributed by atoms with E-state index < -0.39 is 30.1 Å². The highest BCUT2D eigenvalue weighted by Gasteiger charge is 2.58. The molecule has 9 heteroatoms. The van der Waals surface area contributed by atoms with Crippen molar-refractivity contribution in [1.29, 1.82) is 0 Å². The van der Waals surface area contributed by atoms with Gasteiger partial charge in [0.05, 0.1) is 12.4 Å². The van der Waals surface area contributed by atoms with E-state index in [0.29, 0.717) is 6.07 Å². The zero-order valence-corrected chi connectivity index (χ0v) is 7.52. The smallest absolute Gasteiger partial charge is 0.456 e. The Bertz CT molecular complexity index is 414. The van der Waals surface area contributed by atoms with Gasteiger partial charge in [-0.25, -0.2) is 4.98 Å². The van der Waals surface area contributed by atoms with Crippen LogP contribution >= 0.6 is 0 Å². The van der Waals surface area contributed by atoms with Crippen molar-refractivity contribution in [1.82, 2.24) is 9.97 Å². The van der Waals surface area contributed by atoms with Gasteiger partial charge in [0.2, 0.25) is 5.88 Å². The molecule has 0 radical (unpaired) electrons. The Labute approximate surface area is 85.1 Å². The Balaban J connectivity index is 2.68. The molecule has 1 rings (SSSR count). The number of nitrogens with one attached hydrogen (secondary N) is 1. The van der Waals surface area contributed by atoms with E-state index in [1.165, 1.54) is 0 Å². The van der Waals surface area contributed by atoms with Crippen molar-refractivity contribution < 1.29 is 26.7 Å². The van der Waals surface area contributed by atoms with Gasteiger partial charge in [-0.05, 0) is 0 Å². The van der Waals surface area contributed by atoms with Crippen molar-refractivity contribution in [3.05, 3.63) is 22.7 Å². The fraction of sp³-hybridized carbons (Fsp3) is 0.429. The Hall–Kier alpha value is -1.67. The Morgan fingerprint density at radius 3 is 2.44 bits per heavy atom. The lowest BCUT2D eigenvalue weighted by Crippen LogP contribution is -2.41. The van der Waals surface area contributed by atoms with Crippen LogP contribution in [-0.2, 0) is 0 Å². The summed E-state index contributed by atoms with van der Waals surface area (Å²) in [4.78, 5) is 15.9. The number of rotatable bonds is 3. The average Bonchev–Trinajstić information content (AvgIpc) is 2.13. The summed E-state index contributed by atoms with van der Waals surface area (Å²) < 4.78 is 63.9. The minimum atomic E-state index is -5.70. The highest BCUT2D eigenvalue weighted by molar-refractivity contribution is 5.05. The van der Waals surface area contributed by atoms with Crippen LogP contribution in [-0.4, -0.2) is 28.7 Å². The van der Waals surface area contributed by atoms with Crippen LogP contribution in [0.5, 0.6) is 5.88 Å². The second kappa shape index (κ2) is 4.06. The third-order valence-electron chi connectivity index (χ3n) is 1.47. The van der Waals surface area contributed by atoms with E-state index >= 15 is 0 Å². The van der Waals surface area contributed by atoms with E-state index in [0.717, 1.165) is 6.33 Å². The van der Waals surface area contributed by atoms with E-state index in [4.69, 9.17) is 0 Å². The van der Waals surface area contributed by atoms with Crippen molar-refractivity contribution in [2.75, 3.05) is 6.61 Å². The van der Waals surface area contributed by atoms with Gasteiger partial charge in [-0.2, -0.15) is 22.0 Å². The monoisotopic (exact) mass is 244 g/mol. The number of aromatic nitrogens is 2. The van der Waals surface area contributed by atoms with E-state index in [1.807, 2.05) is 4.98 Å². The van der Waals surface area contributed by atoms with Gasteiger partial charge in [-0.1, -0.05) is 0 Å². The maximum Gasteiger partial charge on any atom is 0.456 e. The molecule has 0 aliphatic rings. The topological polar surface area (TPSA) is 55.0 Å². The van der Waals surface area contributed by atoms with E-state index in [1.54, 1.807) is 0 Å². The number of hydrogen-bond donors (Lipinski definition) is 1. The number of hydrogen-bond acceptors (Lipinski definition) is 3. The summed E-state index contributed by atoms with van der Waals surface area (Å²) in [5, 5.41) is 0. The molecule has 0 atom stereocenters. The van der Waals surface area contributed by atoms with Crippen LogP contribution < -0.4 is 10.3 Å². The number of nitrogens with zero attached hydrogens (tertiary/aromatic N) is 1. The minimum absolute atomic E-state index is 0.604. The lowest BCUT2D eigenvalue weighted by atomic mass is 10.3. The molecule has 0 unspecified atom stereocenters. The lowest BCUT2D eigenvalue weighted by Gasteiger charge is -2.19. The fourth-order valence-corrected chi connectivity index (χ4v) is 0.676. The first-order valence-corrected chi connectivity index (χ1v) is 3.84. The Morgan fingerprint density at radius 2 is 1.94 bits per heavy atom. The van der Waals surface area contributed by atoms with Gasteiger partial charge >= 0.3 is 12.1 Å². The molecule has 1 aromatic heterocycles. The largest absolute Gasteiger partial charge is 0.471 e. The predicted octanol–water partition coefficient (Wildman–Crippen LogP) is 1.35. The highest BCUT2D eigenvalue weighted by atomic mass is 19.4. The molecule has 1 heterocycles. The molecule has 0 amide bonds. The van der Waals surface area contributed by atoms with Gasteiger partial charge in [-0.15, -0.1) is 0 Å². The molecule has 16 heavy (non-hydrogen) atoms. The van der Waals surface area contributed by atoms with E-state index in [-0.39, 0.29) is 0 Å². The summed E-state index contributed by atoms with van der Waals surface area (Å²) >= 11 is 0. The molecular formula is C7H5F5N2O2. The Kier molecular flexibility index (Phi) is 3.15. The van der Waals surface area contributed by atoms with Gasteiger partial charge < -0.3 is 9.72 Å². The first-order valence-electron chi connectivity index (χ1n) is 3.84. The first-order chi connectivity index (χ1) is 7.22. The van der Waals surface area contributed by atoms with Crippen LogP contribution in [0, 0.1) is 0 Å². The van der Waals surface area contributed by atoms with E-state index in [9.17, 15) is 26.7 Å². The summed E-state index contributed by atoms with van der Waals surface area (Å²) in [7, 11) is 0. The number of H-pyrrole nitrogens is 1. The van der Waals surface area contributed by atoms with Gasteiger partial charge in [0, 0.05) is 0 Å². The van der Waals surface area contributed by atoms with Crippen LogP contribution in [0.4, 0.5) is 22.0 Å². The van der Waals surface area contributed by atoms with Crippen LogP contribution in [0.25, 0.3) is 0 Å². The highest BCUT2D eigenvalue weighted by Crippen LogP contribution is 2.35. The molecule has 0 fully saturated rings. The SMILES string of the molecule is O=c1cc(OCC(F)(F)C(F)(F)F)nc[nH]1. The van der Waals surface area contributed by atoms with Crippen LogP contribution in [0.3, 0.4) is 0 Å². The summed E-state index contributed by atoms with van der Waals surface area (Å²) in [5.41, 5.74) is -0.722. The maximum absolute atomic E-state index is 12.4. The maximum atomic E-state index is 12.4. The molecule has 0 aliphatic carbocycles. The number of aromatic amines is 1. The van der Waals surface area contributed by atoms with Gasteiger partial charge in [0.1, 0.15) is 0 Å². The summed E-state index contributed by atoms with van der Waals surface area (Å²) in [6.45, 7) is -1.92. The third kappa shape index (κ3) is 2.91. The molecule has 0 saturated heterocycles. The zero-order valence-electron chi connectivity index (χ0n) is 7.52. The normalized spacial score (nSPS) is 12.6. The minimum Gasteiger partial charge on any atom is -0.471 e. The standard InChI is InChI=1S/C7H5F5N2O2/c8-6(9,7(10,11)12)2-16-5-1-4(15)13-3-14-5/h1,3H,2H2,(H,13,14,15). The summed E-state index contributed by atoms with van der Waals surface area (Å²) in [6.07, 6.45) is -4.88. The quantitative estimate of drug-likeness (QED) is 0.816. The molecule has 0 saturated carbocycles. The Morgan fingerprint density at radius 1 is 1.31 bits per heavy atom. The van der Waals surface area contributed by atoms with Crippen LogP contribution in [0.15, 0.2) is 17.2 Å². The summed E-state index contributed by atoms with van der Waals surface area (Å²) in [5.74, 6) is -5.59. The third-order valence-corrected chi connectivity index (χ3v) is 1.47. The number of alkyl halides is 5. The van der Waals surface area contributed by atoms with E-state index in [2.05, 4.69) is 9.72 Å². The molecule has 4 nitrogen and oxygen atoms in total. The predicted molar refractivity (Wildman–Crippen MR) is 41.4 cm³/mol. The molecule has 1 N–H and O–H groups in total. The second-order valence-electron chi connectivity index (χ2n) is 2.74. The lowest BCUT2D eigenvalue weighted by molar-refractivity contribution is -0.290. The molecule has 1 aromatic rings. The van der Waals surface area contributed by atoms with Crippen LogP contribution in [0.1, 0.15) is 0 Å². The first kappa shape index (κ1) is 12.4.